The third-order valence-corrected chi connectivity index (χ3v) is 4.66. The van der Waals surface area contributed by atoms with Crippen LogP contribution in [0.1, 0.15) is 29.8 Å². The summed E-state index contributed by atoms with van der Waals surface area (Å²) in [6.45, 7) is 3.72. The molecule has 9 heteroatoms. The maximum Gasteiger partial charge on any atom is 0.323 e. The largest absolute Gasteiger partial charge is 0.480 e. The molecule has 0 radical (unpaired) electrons. The lowest BCUT2D eigenvalue weighted by molar-refractivity contribution is 0.119. The molecule has 0 saturated heterocycles. The van der Waals surface area contributed by atoms with Crippen molar-refractivity contribution in [3.05, 3.63) is 39.8 Å². The fourth-order valence-corrected chi connectivity index (χ4v) is 2.90. The van der Waals surface area contributed by atoms with Crippen LogP contribution in [0.4, 0.5) is 16.2 Å². The van der Waals surface area contributed by atoms with E-state index in [2.05, 4.69) is 36.5 Å². The number of rotatable bonds is 5. The van der Waals surface area contributed by atoms with Crippen LogP contribution in [0, 0.1) is 18.3 Å². The van der Waals surface area contributed by atoms with E-state index in [1.54, 1.807) is 13.3 Å². The van der Waals surface area contributed by atoms with Gasteiger partial charge in [0.2, 0.25) is 5.88 Å². The Kier molecular flexibility index (Phi) is 6.49. The summed E-state index contributed by atoms with van der Waals surface area (Å²) in [4.78, 5) is 20.6. The van der Waals surface area contributed by atoms with Crippen LogP contribution in [0.2, 0.25) is 0 Å². The first-order valence-corrected chi connectivity index (χ1v) is 8.40. The molecule has 26 heavy (non-hydrogen) atoms. The molecule has 0 aliphatic rings. The Morgan fingerprint density at radius 1 is 1.31 bits per heavy atom. The van der Waals surface area contributed by atoms with Gasteiger partial charge in [-0.2, -0.15) is 5.26 Å². The molecular weight excluding hydrogens is 402 g/mol. The second kappa shape index (κ2) is 8.60. The Hall–Kier alpha value is -2.70. The van der Waals surface area contributed by atoms with E-state index >= 15 is 0 Å². The Morgan fingerprint density at radius 3 is 2.65 bits per heavy atom. The maximum atomic E-state index is 12.3. The Bertz CT molecular complexity index is 866. The van der Waals surface area contributed by atoms with Gasteiger partial charge in [-0.25, -0.2) is 9.78 Å². The lowest BCUT2D eigenvalue weighted by Gasteiger charge is -2.18. The number of carbonyl (C=O) groups excluding carboxylic acids is 1. The molecule has 0 aliphatic carbocycles. The number of carbonyl (C=O) groups is 1. The topological polar surface area (TPSA) is 109 Å². The molecule has 2 aromatic heterocycles. The van der Waals surface area contributed by atoms with E-state index in [4.69, 9.17) is 14.7 Å². The summed E-state index contributed by atoms with van der Waals surface area (Å²) in [5.74, 6) is 0.196. The number of anilines is 2. The van der Waals surface area contributed by atoms with Gasteiger partial charge in [-0.3, -0.25) is 4.98 Å². The van der Waals surface area contributed by atoms with E-state index in [1.807, 2.05) is 19.9 Å². The highest BCUT2D eigenvalue weighted by atomic mass is 79.9. The van der Waals surface area contributed by atoms with Crippen molar-refractivity contribution < 1.29 is 14.3 Å². The quantitative estimate of drug-likeness (QED) is 0.762. The second-order valence-corrected chi connectivity index (χ2v) is 6.13. The van der Waals surface area contributed by atoms with Crippen LogP contribution in [0.3, 0.4) is 0 Å². The van der Waals surface area contributed by atoms with Gasteiger partial charge < -0.3 is 20.1 Å². The van der Waals surface area contributed by atoms with Gasteiger partial charge in [-0.05, 0) is 35.8 Å². The minimum absolute atomic E-state index is 0.196. The van der Waals surface area contributed by atoms with Crippen LogP contribution < -0.4 is 15.4 Å². The van der Waals surface area contributed by atoms with Crippen molar-refractivity contribution in [2.75, 3.05) is 24.9 Å². The fourth-order valence-electron chi connectivity index (χ4n) is 2.26. The molecule has 0 aliphatic heterocycles. The van der Waals surface area contributed by atoms with Crippen molar-refractivity contribution in [2.45, 2.75) is 20.0 Å². The lowest BCUT2D eigenvalue weighted by Crippen LogP contribution is -2.21. The number of hydrogen-bond acceptors (Lipinski definition) is 6. The summed E-state index contributed by atoms with van der Waals surface area (Å²) in [6, 6.07) is 2.95. The maximum absolute atomic E-state index is 12.3. The second-order valence-electron chi connectivity index (χ2n) is 5.33. The number of pyridine rings is 2. The molecule has 0 spiro atoms. The number of methoxy groups -OCH3 is 2. The van der Waals surface area contributed by atoms with Gasteiger partial charge in [-0.1, -0.05) is 0 Å². The first-order chi connectivity index (χ1) is 12.4. The van der Waals surface area contributed by atoms with Crippen LogP contribution in [-0.2, 0) is 4.74 Å². The molecule has 1 atom stereocenters. The molecule has 0 aromatic carbocycles. The van der Waals surface area contributed by atoms with Crippen LogP contribution in [-0.4, -0.2) is 30.2 Å². The molecule has 0 unspecified atom stereocenters. The average Bonchev–Trinajstić information content (AvgIpc) is 2.64. The van der Waals surface area contributed by atoms with E-state index in [0.29, 0.717) is 11.4 Å². The van der Waals surface area contributed by atoms with Crippen molar-refractivity contribution in [2.24, 2.45) is 0 Å². The number of hydrogen-bond donors (Lipinski definition) is 2. The monoisotopic (exact) mass is 419 g/mol. The molecule has 8 nitrogen and oxygen atoms in total. The average molecular weight is 420 g/mol. The standard InChI is InChI=1S/C17H18BrN5O3/c1-9-15(18)14(10(2)25-3)13(8-20-9)23-17(24)22-12-5-11(6-19)16(26-4)21-7-12/h5,7-8,10H,1-4H3,(H2,22,23,24)/t10-/m1/s1. The molecule has 2 amide bonds. The fraction of sp³-hybridized carbons (Fsp3) is 0.294. The van der Waals surface area contributed by atoms with Crippen LogP contribution in [0.5, 0.6) is 5.88 Å². The summed E-state index contributed by atoms with van der Waals surface area (Å²) < 4.78 is 11.1. The summed E-state index contributed by atoms with van der Waals surface area (Å²) in [6.07, 6.45) is 2.72. The number of urea groups is 1. The normalized spacial score (nSPS) is 11.4. The summed E-state index contributed by atoms with van der Waals surface area (Å²) in [5, 5.41) is 14.5. The van der Waals surface area contributed by atoms with Crippen LogP contribution in [0.25, 0.3) is 0 Å². The van der Waals surface area contributed by atoms with Crippen molar-refractivity contribution in [1.29, 1.82) is 5.26 Å². The summed E-state index contributed by atoms with van der Waals surface area (Å²) in [7, 11) is 3.01. The van der Waals surface area contributed by atoms with Crippen molar-refractivity contribution in [3.8, 4) is 11.9 Å². The summed E-state index contributed by atoms with van der Waals surface area (Å²) >= 11 is 3.49. The molecule has 0 bridgehead atoms. The lowest BCUT2D eigenvalue weighted by atomic mass is 10.1. The molecule has 2 heterocycles. The zero-order chi connectivity index (χ0) is 19.3. The molecule has 0 fully saturated rings. The van der Waals surface area contributed by atoms with E-state index < -0.39 is 6.03 Å². The highest BCUT2D eigenvalue weighted by Crippen LogP contribution is 2.33. The first-order valence-electron chi connectivity index (χ1n) is 7.61. The molecule has 2 rings (SSSR count). The smallest absolute Gasteiger partial charge is 0.323 e. The number of nitriles is 1. The Balaban J connectivity index is 2.23. The molecule has 0 saturated carbocycles. The van der Waals surface area contributed by atoms with Crippen LogP contribution in [0.15, 0.2) is 22.9 Å². The minimum atomic E-state index is -0.497. The third kappa shape index (κ3) is 4.28. The van der Waals surface area contributed by atoms with E-state index in [1.165, 1.54) is 19.4 Å². The minimum Gasteiger partial charge on any atom is -0.480 e. The van der Waals surface area contributed by atoms with Crippen LogP contribution >= 0.6 is 15.9 Å². The van der Waals surface area contributed by atoms with Gasteiger partial charge in [0.15, 0.2) is 0 Å². The number of amides is 2. The Morgan fingerprint density at radius 2 is 2.04 bits per heavy atom. The summed E-state index contributed by atoms with van der Waals surface area (Å²) in [5.41, 5.74) is 2.66. The first kappa shape index (κ1) is 19.6. The SMILES string of the molecule is COc1ncc(NC(=O)Nc2cnc(C)c(Br)c2[C@@H](C)OC)cc1C#N. The van der Waals surface area contributed by atoms with E-state index in [-0.39, 0.29) is 17.5 Å². The van der Waals surface area contributed by atoms with Gasteiger partial charge in [-0.15, -0.1) is 0 Å². The van der Waals surface area contributed by atoms with Gasteiger partial charge in [0.05, 0.1) is 42.7 Å². The zero-order valence-electron chi connectivity index (χ0n) is 14.8. The Labute approximate surface area is 159 Å². The highest BCUT2D eigenvalue weighted by Gasteiger charge is 2.18. The van der Waals surface area contributed by atoms with Crippen molar-refractivity contribution >= 4 is 33.3 Å². The van der Waals surface area contributed by atoms with Gasteiger partial charge >= 0.3 is 6.03 Å². The number of nitrogens with one attached hydrogen (secondary N) is 2. The number of aromatic nitrogens is 2. The van der Waals surface area contributed by atoms with Crippen molar-refractivity contribution in [3.63, 3.8) is 0 Å². The number of ether oxygens (including phenoxy) is 2. The van der Waals surface area contributed by atoms with Gasteiger partial charge in [0.25, 0.3) is 0 Å². The van der Waals surface area contributed by atoms with E-state index in [9.17, 15) is 4.79 Å². The molecule has 136 valence electrons. The molecular formula is C17H18BrN5O3. The van der Waals surface area contributed by atoms with Gasteiger partial charge in [0, 0.05) is 17.1 Å². The molecule has 2 N–H and O–H groups in total. The number of aryl methyl sites for hydroxylation is 1. The predicted molar refractivity (Wildman–Crippen MR) is 100 cm³/mol. The molecule has 2 aromatic rings. The number of nitrogens with zero attached hydrogens (tertiary/aromatic N) is 3. The van der Waals surface area contributed by atoms with Gasteiger partial charge in [0.1, 0.15) is 11.6 Å². The predicted octanol–water partition coefficient (Wildman–Crippen LogP) is 3.78. The third-order valence-electron chi connectivity index (χ3n) is 3.66. The van der Waals surface area contributed by atoms with Crippen molar-refractivity contribution in [1.82, 2.24) is 9.97 Å². The highest BCUT2D eigenvalue weighted by molar-refractivity contribution is 9.10. The van der Waals surface area contributed by atoms with E-state index in [0.717, 1.165) is 15.7 Å². The number of halogens is 1. The zero-order valence-corrected chi connectivity index (χ0v) is 16.3.